The Hall–Kier alpha value is -1.62. The number of nitrogens with zero attached hydrogens (tertiary/aromatic N) is 2. The normalized spacial score (nSPS) is 21.6. The number of aromatic nitrogens is 1. The number of carboxylic acid groups (broad SMARTS) is 1. The summed E-state index contributed by atoms with van der Waals surface area (Å²) in [5.41, 5.74) is 1.27. The Bertz CT molecular complexity index is 562. The van der Waals surface area contributed by atoms with Gasteiger partial charge in [0.2, 0.25) is 0 Å². The monoisotopic (exact) mass is 310 g/mol. The molecule has 2 heterocycles. The maximum absolute atomic E-state index is 12.5. The second-order valence-electron chi connectivity index (χ2n) is 5.55. The van der Waals surface area contributed by atoms with Crippen molar-refractivity contribution in [2.45, 2.75) is 26.7 Å². The van der Waals surface area contributed by atoms with Crippen molar-refractivity contribution in [2.75, 3.05) is 13.1 Å². The van der Waals surface area contributed by atoms with Crippen molar-refractivity contribution in [3.05, 3.63) is 28.5 Å². The number of likely N-dealkylation sites (tertiary alicyclic amines) is 1. The highest BCUT2D eigenvalue weighted by Gasteiger charge is 2.37. The van der Waals surface area contributed by atoms with Crippen molar-refractivity contribution >= 4 is 23.5 Å². The average Bonchev–Trinajstić information content (AvgIpc) is 2.80. The van der Waals surface area contributed by atoms with E-state index in [9.17, 15) is 9.59 Å². The van der Waals surface area contributed by atoms with Crippen LogP contribution in [-0.2, 0) is 11.2 Å². The van der Waals surface area contributed by atoms with Crippen LogP contribution in [-0.4, -0.2) is 40.0 Å². The Morgan fingerprint density at radius 3 is 2.71 bits per heavy atom. The lowest BCUT2D eigenvalue weighted by atomic mass is 9.99. The molecule has 114 valence electrons. The molecule has 2 atom stereocenters. The number of amides is 1. The van der Waals surface area contributed by atoms with Gasteiger partial charge in [0.15, 0.2) is 0 Å². The molecule has 0 saturated carbocycles. The molecule has 1 aromatic heterocycles. The van der Waals surface area contributed by atoms with E-state index >= 15 is 0 Å². The van der Waals surface area contributed by atoms with Crippen molar-refractivity contribution in [3.8, 4) is 0 Å². The summed E-state index contributed by atoms with van der Waals surface area (Å²) in [6.45, 7) is 4.59. The standard InChI is InChI=1S/C15H19ClN2O3/c1-3-4-11-5-10(6-13(16)17-11)14(19)18-7-9(2)12(8-18)15(20)21/h5-6,9,12H,3-4,7-8H2,1-2H3,(H,20,21)/t9-,12-/m1/s1. The zero-order valence-corrected chi connectivity index (χ0v) is 12.9. The molecule has 1 aliphatic heterocycles. The van der Waals surface area contributed by atoms with E-state index in [0.717, 1.165) is 18.5 Å². The number of aliphatic carboxylic acids is 1. The molecule has 1 aromatic rings. The van der Waals surface area contributed by atoms with Gasteiger partial charge in [-0.1, -0.05) is 31.9 Å². The molecule has 1 aliphatic rings. The summed E-state index contributed by atoms with van der Waals surface area (Å²) >= 11 is 5.97. The minimum atomic E-state index is -0.850. The van der Waals surface area contributed by atoms with Crippen molar-refractivity contribution < 1.29 is 14.7 Å². The Balaban J connectivity index is 2.19. The van der Waals surface area contributed by atoms with E-state index in [1.54, 1.807) is 17.0 Å². The predicted octanol–water partition coefficient (Wildman–Crippen LogP) is 2.48. The van der Waals surface area contributed by atoms with Gasteiger partial charge < -0.3 is 10.0 Å². The van der Waals surface area contributed by atoms with E-state index in [0.29, 0.717) is 17.3 Å². The third-order valence-corrected chi connectivity index (χ3v) is 4.01. The molecule has 5 nitrogen and oxygen atoms in total. The molecule has 0 aliphatic carbocycles. The van der Waals surface area contributed by atoms with Crippen LogP contribution in [0.15, 0.2) is 12.1 Å². The molecule has 0 aromatic carbocycles. The third kappa shape index (κ3) is 3.53. The molecule has 0 unspecified atom stereocenters. The second-order valence-corrected chi connectivity index (χ2v) is 5.94. The van der Waals surface area contributed by atoms with E-state index in [2.05, 4.69) is 4.98 Å². The fourth-order valence-corrected chi connectivity index (χ4v) is 2.92. The lowest BCUT2D eigenvalue weighted by Crippen LogP contribution is -2.30. The number of aryl methyl sites for hydroxylation is 1. The summed E-state index contributed by atoms with van der Waals surface area (Å²) in [5, 5.41) is 9.44. The summed E-state index contributed by atoms with van der Waals surface area (Å²) in [4.78, 5) is 29.4. The summed E-state index contributed by atoms with van der Waals surface area (Å²) in [7, 11) is 0. The summed E-state index contributed by atoms with van der Waals surface area (Å²) < 4.78 is 0. The summed E-state index contributed by atoms with van der Waals surface area (Å²) in [6, 6.07) is 3.29. The first kappa shape index (κ1) is 15.8. The molecule has 1 N–H and O–H groups in total. The fraction of sp³-hybridized carbons (Fsp3) is 0.533. The number of rotatable bonds is 4. The van der Waals surface area contributed by atoms with Crippen molar-refractivity contribution in [3.63, 3.8) is 0 Å². The van der Waals surface area contributed by atoms with Gasteiger partial charge in [0.05, 0.1) is 5.92 Å². The van der Waals surface area contributed by atoms with Crippen molar-refractivity contribution in [1.82, 2.24) is 9.88 Å². The van der Waals surface area contributed by atoms with Gasteiger partial charge in [-0.05, 0) is 24.5 Å². The molecule has 2 rings (SSSR count). The highest BCUT2D eigenvalue weighted by Crippen LogP contribution is 2.25. The van der Waals surface area contributed by atoms with Crippen LogP contribution in [0.5, 0.6) is 0 Å². The zero-order valence-electron chi connectivity index (χ0n) is 12.2. The van der Waals surface area contributed by atoms with Crippen LogP contribution in [0.1, 0.15) is 36.3 Å². The Labute approximate surface area is 128 Å². The molecule has 1 fully saturated rings. The minimum Gasteiger partial charge on any atom is -0.481 e. The Kier molecular flexibility index (Phi) is 4.83. The van der Waals surface area contributed by atoms with Gasteiger partial charge in [-0.3, -0.25) is 9.59 Å². The quantitative estimate of drug-likeness (QED) is 0.867. The zero-order chi connectivity index (χ0) is 15.6. The van der Waals surface area contributed by atoms with Crippen LogP contribution in [0.2, 0.25) is 5.15 Å². The van der Waals surface area contributed by atoms with Crippen LogP contribution < -0.4 is 0 Å². The Morgan fingerprint density at radius 1 is 1.43 bits per heavy atom. The van der Waals surface area contributed by atoms with E-state index in [4.69, 9.17) is 16.7 Å². The lowest BCUT2D eigenvalue weighted by Gasteiger charge is -2.16. The molecule has 1 saturated heterocycles. The fourth-order valence-electron chi connectivity index (χ4n) is 2.70. The Morgan fingerprint density at radius 2 is 2.14 bits per heavy atom. The lowest BCUT2D eigenvalue weighted by molar-refractivity contribution is -0.142. The SMILES string of the molecule is CCCc1cc(C(=O)N2C[C@@H](C)[C@H](C(=O)O)C2)cc(Cl)n1. The summed E-state index contributed by atoms with van der Waals surface area (Å²) in [6.07, 6.45) is 1.68. The summed E-state index contributed by atoms with van der Waals surface area (Å²) in [5.74, 6) is -1.57. The maximum atomic E-state index is 12.5. The molecule has 0 spiro atoms. The minimum absolute atomic E-state index is 0.0427. The number of hydrogen-bond donors (Lipinski definition) is 1. The van der Waals surface area contributed by atoms with Gasteiger partial charge in [0.25, 0.3) is 5.91 Å². The van der Waals surface area contributed by atoms with Gasteiger partial charge in [-0.2, -0.15) is 0 Å². The first-order chi connectivity index (χ1) is 9.92. The van der Waals surface area contributed by atoms with Crippen LogP contribution in [0, 0.1) is 11.8 Å². The topological polar surface area (TPSA) is 70.5 Å². The van der Waals surface area contributed by atoms with Gasteiger partial charge in [0, 0.05) is 24.3 Å². The van der Waals surface area contributed by atoms with Gasteiger partial charge in [-0.25, -0.2) is 4.98 Å². The highest BCUT2D eigenvalue weighted by atomic mass is 35.5. The number of carbonyl (C=O) groups excluding carboxylic acids is 1. The first-order valence-electron chi connectivity index (χ1n) is 7.11. The van der Waals surface area contributed by atoms with Crippen LogP contribution >= 0.6 is 11.6 Å². The number of pyridine rings is 1. The number of carbonyl (C=O) groups is 2. The van der Waals surface area contributed by atoms with E-state index in [1.807, 2.05) is 13.8 Å². The third-order valence-electron chi connectivity index (χ3n) is 3.82. The smallest absolute Gasteiger partial charge is 0.308 e. The van der Waals surface area contributed by atoms with Crippen LogP contribution in [0.4, 0.5) is 0 Å². The maximum Gasteiger partial charge on any atom is 0.308 e. The van der Waals surface area contributed by atoms with E-state index in [1.165, 1.54) is 0 Å². The van der Waals surface area contributed by atoms with E-state index < -0.39 is 11.9 Å². The molecule has 21 heavy (non-hydrogen) atoms. The van der Waals surface area contributed by atoms with Gasteiger partial charge >= 0.3 is 5.97 Å². The highest BCUT2D eigenvalue weighted by molar-refractivity contribution is 6.29. The first-order valence-corrected chi connectivity index (χ1v) is 7.48. The van der Waals surface area contributed by atoms with Crippen LogP contribution in [0.3, 0.4) is 0 Å². The van der Waals surface area contributed by atoms with Gasteiger partial charge in [-0.15, -0.1) is 0 Å². The predicted molar refractivity (Wildman–Crippen MR) is 79.4 cm³/mol. The second kappa shape index (κ2) is 6.43. The van der Waals surface area contributed by atoms with Gasteiger partial charge in [0.1, 0.15) is 5.15 Å². The largest absolute Gasteiger partial charge is 0.481 e. The average molecular weight is 311 g/mol. The van der Waals surface area contributed by atoms with E-state index in [-0.39, 0.29) is 18.4 Å². The molecular formula is C15H19ClN2O3. The number of halogens is 1. The van der Waals surface area contributed by atoms with Crippen LogP contribution in [0.25, 0.3) is 0 Å². The molecule has 1 amide bonds. The number of carboxylic acids is 1. The molecule has 0 bridgehead atoms. The number of hydrogen-bond acceptors (Lipinski definition) is 3. The van der Waals surface area contributed by atoms with Crippen molar-refractivity contribution in [2.24, 2.45) is 11.8 Å². The molecular weight excluding hydrogens is 292 g/mol. The molecule has 0 radical (unpaired) electrons. The molecule has 6 heteroatoms. The van der Waals surface area contributed by atoms with Crippen molar-refractivity contribution in [1.29, 1.82) is 0 Å².